The number of hydrogen-bond donors (Lipinski definition) is 1. The molecule has 1 aliphatic rings. The fraction of sp³-hybridized carbons (Fsp3) is 0.333. The van der Waals surface area contributed by atoms with Crippen LogP contribution in [0, 0.1) is 0 Å². The average Bonchev–Trinajstić information content (AvgIpc) is 3.18. The molecule has 27 heavy (non-hydrogen) atoms. The van der Waals surface area contributed by atoms with Gasteiger partial charge in [-0.05, 0) is 48.9 Å². The van der Waals surface area contributed by atoms with Gasteiger partial charge in [0, 0.05) is 12.2 Å². The number of rotatable bonds is 5. The van der Waals surface area contributed by atoms with Crippen LogP contribution in [0.5, 0.6) is 5.75 Å². The van der Waals surface area contributed by atoms with E-state index in [0.717, 1.165) is 12.8 Å². The number of piperidine rings is 1. The molecule has 2 amide bonds. The molecule has 1 aromatic heterocycles. The van der Waals surface area contributed by atoms with Crippen LogP contribution in [0.3, 0.4) is 0 Å². The van der Waals surface area contributed by atoms with Crippen molar-refractivity contribution >= 4 is 40.4 Å². The van der Waals surface area contributed by atoms with E-state index in [0.29, 0.717) is 23.5 Å². The maximum atomic E-state index is 12.7. The van der Waals surface area contributed by atoms with E-state index in [-0.39, 0.29) is 22.6 Å². The molecule has 2 aromatic rings. The Kier molecular flexibility index (Phi) is 6.28. The summed E-state index contributed by atoms with van der Waals surface area (Å²) in [4.78, 5) is 27.6. The SMILES string of the molecule is O=C(Nc1ccc(OC(F)F)c(Cl)c1)[C@H]1CCCCN1C(=O)c1cccs1. The largest absolute Gasteiger partial charge is 0.433 e. The van der Waals surface area contributed by atoms with Gasteiger partial charge in [0.1, 0.15) is 11.8 Å². The zero-order valence-corrected chi connectivity index (χ0v) is 15.7. The maximum Gasteiger partial charge on any atom is 0.387 e. The lowest BCUT2D eigenvalue weighted by molar-refractivity contribution is -0.121. The highest BCUT2D eigenvalue weighted by atomic mass is 35.5. The number of hydrogen-bond acceptors (Lipinski definition) is 4. The van der Waals surface area contributed by atoms with Gasteiger partial charge >= 0.3 is 6.61 Å². The van der Waals surface area contributed by atoms with Crippen molar-refractivity contribution in [2.45, 2.75) is 31.9 Å². The Hall–Kier alpha value is -2.19. The fourth-order valence-electron chi connectivity index (χ4n) is 2.98. The zero-order valence-electron chi connectivity index (χ0n) is 14.2. The molecule has 1 N–H and O–H groups in total. The second-order valence-electron chi connectivity index (χ2n) is 6.00. The molecule has 3 rings (SSSR count). The quantitative estimate of drug-likeness (QED) is 0.775. The van der Waals surface area contributed by atoms with Crippen molar-refractivity contribution in [3.63, 3.8) is 0 Å². The summed E-state index contributed by atoms with van der Waals surface area (Å²) < 4.78 is 28.9. The van der Waals surface area contributed by atoms with E-state index in [4.69, 9.17) is 11.6 Å². The lowest BCUT2D eigenvalue weighted by Crippen LogP contribution is -2.49. The average molecular weight is 415 g/mol. The number of anilines is 1. The van der Waals surface area contributed by atoms with E-state index in [1.165, 1.54) is 29.5 Å². The van der Waals surface area contributed by atoms with Crippen molar-refractivity contribution in [1.29, 1.82) is 0 Å². The standard InChI is InChI=1S/C18H17ClF2N2O3S/c19-12-10-11(6-7-14(12)26-18(20)21)22-16(24)13-4-1-2-8-23(13)17(25)15-5-3-9-27-15/h3,5-7,9-10,13,18H,1-2,4,8H2,(H,22,24)/t13-/m1/s1. The smallest absolute Gasteiger partial charge is 0.387 e. The summed E-state index contributed by atoms with van der Waals surface area (Å²) in [6.45, 7) is -2.47. The predicted molar refractivity (Wildman–Crippen MR) is 99.7 cm³/mol. The first-order chi connectivity index (χ1) is 13.0. The van der Waals surface area contributed by atoms with Gasteiger partial charge in [0.15, 0.2) is 0 Å². The molecule has 1 saturated heterocycles. The normalized spacial score (nSPS) is 17.0. The van der Waals surface area contributed by atoms with Crippen LogP contribution in [-0.4, -0.2) is 35.9 Å². The molecule has 5 nitrogen and oxygen atoms in total. The Labute approximate surface area is 163 Å². The van der Waals surface area contributed by atoms with Crippen molar-refractivity contribution in [3.05, 3.63) is 45.6 Å². The van der Waals surface area contributed by atoms with Gasteiger partial charge in [0.25, 0.3) is 5.91 Å². The van der Waals surface area contributed by atoms with Crippen LogP contribution in [0.2, 0.25) is 5.02 Å². The molecule has 144 valence electrons. The van der Waals surface area contributed by atoms with Gasteiger partial charge in [-0.3, -0.25) is 9.59 Å². The summed E-state index contributed by atoms with van der Waals surface area (Å²) in [5.41, 5.74) is 0.348. The van der Waals surface area contributed by atoms with Crippen molar-refractivity contribution in [2.75, 3.05) is 11.9 Å². The minimum Gasteiger partial charge on any atom is -0.433 e. The first kappa shape index (κ1) is 19.6. The van der Waals surface area contributed by atoms with E-state index in [1.54, 1.807) is 17.0 Å². The Morgan fingerprint density at radius 2 is 2.11 bits per heavy atom. The van der Waals surface area contributed by atoms with E-state index in [1.807, 2.05) is 5.38 Å². The van der Waals surface area contributed by atoms with Gasteiger partial charge in [-0.2, -0.15) is 8.78 Å². The van der Waals surface area contributed by atoms with Crippen LogP contribution in [0.4, 0.5) is 14.5 Å². The zero-order chi connectivity index (χ0) is 19.4. The minimum absolute atomic E-state index is 0.0386. The Morgan fingerprint density at radius 1 is 1.30 bits per heavy atom. The van der Waals surface area contributed by atoms with Crippen molar-refractivity contribution in [2.24, 2.45) is 0 Å². The van der Waals surface area contributed by atoms with Gasteiger partial charge < -0.3 is 15.0 Å². The van der Waals surface area contributed by atoms with Gasteiger partial charge in [-0.25, -0.2) is 0 Å². The lowest BCUT2D eigenvalue weighted by atomic mass is 10.0. The molecule has 1 aliphatic heterocycles. The Morgan fingerprint density at radius 3 is 2.78 bits per heavy atom. The summed E-state index contributed by atoms with van der Waals surface area (Å²) in [5.74, 6) is -0.668. The summed E-state index contributed by atoms with van der Waals surface area (Å²) in [5, 5.41) is 4.48. The number of amides is 2. The third kappa shape index (κ3) is 4.75. The van der Waals surface area contributed by atoms with Crippen LogP contribution in [0.1, 0.15) is 28.9 Å². The van der Waals surface area contributed by atoms with E-state index in [2.05, 4.69) is 10.1 Å². The molecule has 1 atom stereocenters. The highest BCUT2D eigenvalue weighted by molar-refractivity contribution is 7.12. The first-order valence-corrected chi connectivity index (χ1v) is 9.61. The highest BCUT2D eigenvalue weighted by Gasteiger charge is 2.33. The monoisotopic (exact) mass is 414 g/mol. The number of halogens is 3. The van der Waals surface area contributed by atoms with Crippen molar-refractivity contribution in [3.8, 4) is 5.75 Å². The number of nitrogens with one attached hydrogen (secondary N) is 1. The molecule has 1 fully saturated rings. The van der Waals surface area contributed by atoms with Gasteiger partial charge in [0.2, 0.25) is 5.91 Å². The molecule has 9 heteroatoms. The van der Waals surface area contributed by atoms with Crippen molar-refractivity contribution in [1.82, 2.24) is 4.90 Å². The minimum atomic E-state index is -2.98. The second kappa shape index (κ2) is 8.67. The van der Waals surface area contributed by atoms with E-state index >= 15 is 0 Å². The van der Waals surface area contributed by atoms with Crippen LogP contribution >= 0.6 is 22.9 Å². The van der Waals surface area contributed by atoms with Crippen LogP contribution in [-0.2, 0) is 4.79 Å². The Bertz CT molecular complexity index is 817. The van der Waals surface area contributed by atoms with E-state index < -0.39 is 12.7 Å². The molecule has 0 radical (unpaired) electrons. The molecule has 0 spiro atoms. The first-order valence-electron chi connectivity index (χ1n) is 8.35. The fourth-order valence-corrected chi connectivity index (χ4v) is 3.89. The number of ether oxygens (including phenoxy) is 1. The van der Waals surface area contributed by atoms with Crippen LogP contribution < -0.4 is 10.1 Å². The maximum absolute atomic E-state index is 12.7. The van der Waals surface area contributed by atoms with Crippen molar-refractivity contribution < 1.29 is 23.1 Å². The molecule has 0 saturated carbocycles. The predicted octanol–water partition coefficient (Wildman–Crippen LogP) is 4.64. The third-order valence-electron chi connectivity index (χ3n) is 4.21. The molecule has 0 unspecified atom stereocenters. The van der Waals surface area contributed by atoms with Gasteiger partial charge in [-0.15, -0.1) is 11.3 Å². The number of benzene rings is 1. The number of alkyl halides is 2. The topological polar surface area (TPSA) is 58.6 Å². The summed E-state index contributed by atoms with van der Waals surface area (Å²) in [6.07, 6.45) is 2.24. The number of carbonyl (C=O) groups excluding carboxylic acids is 2. The second-order valence-corrected chi connectivity index (χ2v) is 7.36. The third-order valence-corrected chi connectivity index (χ3v) is 5.37. The number of nitrogens with zero attached hydrogens (tertiary/aromatic N) is 1. The van der Waals surface area contributed by atoms with Gasteiger partial charge in [0.05, 0.1) is 9.90 Å². The molecule has 0 bridgehead atoms. The molecular weight excluding hydrogens is 398 g/mol. The van der Waals surface area contributed by atoms with Crippen LogP contribution in [0.25, 0.3) is 0 Å². The molecule has 1 aromatic carbocycles. The number of likely N-dealkylation sites (tertiary alicyclic amines) is 1. The molecular formula is C18H17ClF2N2O3S. The highest BCUT2D eigenvalue weighted by Crippen LogP contribution is 2.29. The van der Waals surface area contributed by atoms with Crippen LogP contribution in [0.15, 0.2) is 35.7 Å². The van der Waals surface area contributed by atoms with E-state index in [9.17, 15) is 18.4 Å². The Balaban J connectivity index is 1.72. The number of thiophene rings is 1. The summed E-state index contributed by atoms with van der Waals surface area (Å²) in [6, 6.07) is 6.96. The lowest BCUT2D eigenvalue weighted by Gasteiger charge is -2.34. The summed E-state index contributed by atoms with van der Waals surface area (Å²) >= 11 is 7.25. The summed E-state index contributed by atoms with van der Waals surface area (Å²) in [7, 11) is 0. The van der Waals surface area contributed by atoms with Gasteiger partial charge in [-0.1, -0.05) is 17.7 Å². The molecule has 2 heterocycles. The molecule has 0 aliphatic carbocycles. The number of carbonyl (C=O) groups is 2.